The van der Waals surface area contributed by atoms with Crippen LogP contribution in [-0.2, 0) is 12.6 Å². The zero-order chi connectivity index (χ0) is 17.7. The molecule has 2 aromatic rings. The molecule has 0 aliphatic heterocycles. The van der Waals surface area contributed by atoms with Gasteiger partial charge in [-0.1, -0.05) is 18.2 Å². The van der Waals surface area contributed by atoms with Crippen LogP contribution in [0.25, 0.3) is 0 Å². The van der Waals surface area contributed by atoms with Gasteiger partial charge in [-0.3, -0.25) is 0 Å². The number of halogens is 3. The number of alkyl halides is 3. The summed E-state index contributed by atoms with van der Waals surface area (Å²) in [5.74, 6) is 0. The molecule has 0 saturated carbocycles. The normalized spacial score (nSPS) is 11.2. The van der Waals surface area contributed by atoms with Gasteiger partial charge in [-0.15, -0.1) is 0 Å². The summed E-state index contributed by atoms with van der Waals surface area (Å²) >= 11 is 5.24. The first-order chi connectivity index (χ1) is 11.2. The van der Waals surface area contributed by atoms with Gasteiger partial charge < -0.3 is 10.6 Å². The summed E-state index contributed by atoms with van der Waals surface area (Å²) < 4.78 is 37.5. The zero-order valence-corrected chi connectivity index (χ0v) is 14.3. The summed E-state index contributed by atoms with van der Waals surface area (Å²) in [6.07, 6.45) is -3.71. The van der Waals surface area contributed by atoms with Crippen LogP contribution in [0.3, 0.4) is 0 Å². The molecular formula is C18H19F3N2S. The van der Waals surface area contributed by atoms with E-state index in [0.29, 0.717) is 18.1 Å². The van der Waals surface area contributed by atoms with Gasteiger partial charge in [0.1, 0.15) is 0 Å². The third-order valence-electron chi connectivity index (χ3n) is 3.46. The number of rotatable bonds is 4. The molecule has 0 atom stereocenters. The van der Waals surface area contributed by atoms with Gasteiger partial charge in [0, 0.05) is 12.2 Å². The second-order valence-corrected chi connectivity index (χ2v) is 6.11. The first-order valence-corrected chi connectivity index (χ1v) is 7.94. The molecule has 0 spiro atoms. The number of anilines is 1. The topological polar surface area (TPSA) is 24.1 Å². The third-order valence-corrected chi connectivity index (χ3v) is 3.71. The molecule has 2 N–H and O–H groups in total. The Morgan fingerprint density at radius 2 is 1.58 bits per heavy atom. The van der Waals surface area contributed by atoms with Crippen LogP contribution in [0.1, 0.15) is 22.3 Å². The van der Waals surface area contributed by atoms with Gasteiger partial charge in [-0.05, 0) is 73.4 Å². The van der Waals surface area contributed by atoms with Gasteiger partial charge in [0.15, 0.2) is 5.11 Å². The fourth-order valence-electron chi connectivity index (χ4n) is 2.40. The molecule has 0 bridgehead atoms. The van der Waals surface area contributed by atoms with E-state index in [1.165, 1.54) is 12.1 Å². The number of aryl methyl sites for hydroxylation is 2. The molecule has 0 aliphatic carbocycles. The number of thiocarbonyl (C=S) groups is 1. The van der Waals surface area contributed by atoms with Crippen molar-refractivity contribution in [2.75, 3.05) is 11.9 Å². The van der Waals surface area contributed by atoms with Crippen LogP contribution in [-0.4, -0.2) is 11.7 Å². The van der Waals surface area contributed by atoms with Gasteiger partial charge >= 0.3 is 6.18 Å². The van der Waals surface area contributed by atoms with Gasteiger partial charge in [0.2, 0.25) is 0 Å². The van der Waals surface area contributed by atoms with E-state index in [2.05, 4.69) is 16.7 Å². The first-order valence-electron chi connectivity index (χ1n) is 7.53. The lowest BCUT2D eigenvalue weighted by Gasteiger charge is -2.12. The Kier molecular flexibility index (Phi) is 5.83. The molecule has 2 nitrogen and oxygen atoms in total. The van der Waals surface area contributed by atoms with E-state index < -0.39 is 11.7 Å². The Balaban J connectivity index is 1.82. The fourth-order valence-corrected chi connectivity index (χ4v) is 2.62. The van der Waals surface area contributed by atoms with Crippen molar-refractivity contribution in [3.05, 3.63) is 64.7 Å². The highest BCUT2D eigenvalue weighted by Gasteiger charge is 2.29. The molecule has 0 heterocycles. The number of hydrogen-bond donors (Lipinski definition) is 2. The third kappa shape index (κ3) is 5.53. The zero-order valence-electron chi connectivity index (χ0n) is 13.5. The Morgan fingerprint density at radius 3 is 2.12 bits per heavy atom. The van der Waals surface area contributed by atoms with Crippen molar-refractivity contribution in [2.45, 2.75) is 26.4 Å². The van der Waals surface area contributed by atoms with Crippen molar-refractivity contribution in [2.24, 2.45) is 0 Å². The SMILES string of the molecule is Cc1cc(C)cc(NC(=S)NCCc2ccc(C(F)(F)F)cc2)c1. The van der Waals surface area contributed by atoms with E-state index in [1.807, 2.05) is 26.0 Å². The minimum Gasteiger partial charge on any atom is -0.362 e. The van der Waals surface area contributed by atoms with Crippen molar-refractivity contribution in [3.63, 3.8) is 0 Å². The summed E-state index contributed by atoms with van der Waals surface area (Å²) in [6.45, 7) is 4.57. The largest absolute Gasteiger partial charge is 0.416 e. The minimum atomic E-state index is -4.30. The molecule has 128 valence electrons. The van der Waals surface area contributed by atoms with Crippen LogP contribution in [0, 0.1) is 13.8 Å². The van der Waals surface area contributed by atoms with Crippen LogP contribution in [0.15, 0.2) is 42.5 Å². The van der Waals surface area contributed by atoms with Crippen LogP contribution in [0.2, 0.25) is 0 Å². The quantitative estimate of drug-likeness (QED) is 0.769. The number of hydrogen-bond acceptors (Lipinski definition) is 1. The molecule has 24 heavy (non-hydrogen) atoms. The van der Waals surface area contributed by atoms with Gasteiger partial charge in [-0.2, -0.15) is 13.2 Å². The van der Waals surface area contributed by atoms with Crippen molar-refractivity contribution in [1.29, 1.82) is 0 Å². The Labute approximate surface area is 145 Å². The monoisotopic (exact) mass is 352 g/mol. The summed E-state index contributed by atoms with van der Waals surface area (Å²) in [5.41, 5.74) is 3.39. The van der Waals surface area contributed by atoms with E-state index >= 15 is 0 Å². The van der Waals surface area contributed by atoms with Crippen LogP contribution >= 0.6 is 12.2 Å². The lowest BCUT2D eigenvalue weighted by atomic mass is 10.1. The molecule has 0 unspecified atom stereocenters. The van der Waals surface area contributed by atoms with Crippen LogP contribution < -0.4 is 10.6 Å². The van der Waals surface area contributed by atoms with E-state index in [1.54, 1.807) is 0 Å². The molecule has 0 fully saturated rings. The van der Waals surface area contributed by atoms with Gasteiger partial charge in [0.25, 0.3) is 0 Å². The summed E-state index contributed by atoms with van der Waals surface area (Å²) in [6, 6.07) is 11.2. The highest BCUT2D eigenvalue weighted by atomic mass is 32.1. The molecule has 6 heteroatoms. The van der Waals surface area contributed by atoms with Crippen molar-refractivity contribution in [1.82, 2.24) is 5.32 Å². The average Bonchev–Trinajstić information content (AvgIpc) is 2.45. The highest BCUT2D eigenvalue weighted by Crippen LogP contribution is 2.29. The molecule has 0 saturated heterocycles. The molecule has 0 aliphatic rings. The van der Waals surface area contributed by atoms with E-state index in [4.69, 9.17) is 12.2 Å². The van der Waals surface area contributed by atoms with Crippen LogP contribution in [0.5, 0.6) is 0 Å². The second-order valence-electron chi connectivity index (χ2n) is 5.70. The lowest BCUT2D eigenvalue weighted by Crippen LogP contribution is -2.30. The van der Waals surface area contributed by atoms with E-state index in [-0.39, 0.29) is 0 Å². The van der Waals surface area contributed by atoms with E-state index in [0.717, 1.165) is 34.5 Å². The summed E-state index contributed by atoms with van der Waals surface area (Å²) in [4.78, 5) is 0. The number of nitrogens with one attached hydrogen (secondary N) is 2. The Morgan fingerprint density at radius 1 is 1.00 bits per heavy atom. The standard InChI is InChI=1S/C18H19F3N2S/c1-12-9-13(2)11-16(10-12)23-17(24)22-8-7-14-3-5-15(6-4-14)18(19,20)21/h3-6,9-11H,7-8H2,1-2H3,(H2,22,23,24). The van der Waals surface area contributed by atoms with E-state index in [9.17, 15) is 13.2 Å². The minimum absolute atomic E-state index is 0.493. The van der Waals surface area contributed by atoms with Crippen LogP contribution in [0.4, 0.5) is 18.9 Å². The van der Waals surface area contributed by atoms with Crippen molar-refractivity contribution >= 4 is 23.0 Å². The molecule has 2 rings (SSSR count). The maximum atomic E-state index is 12.5. The smallest absolute Gasteiger partial charge is 0.362 e. The Bertz CT molecular complexity index is 689. The first kappa shape index (κ1) is 18.3. The van der Waals surface area contributed by atoms with Gasteiger partial charge in [-0.25, -0.2) is 0 Å². The predicted octanol–water partition coefficient (Wildman–Crippen LogP) is 4.85. The van der Waals surface area contributed by atoms with Crippen molar-refractivity contribution in [3.8, 4) is 0 Å². The highest BCUT2D eigenvalue weighted by molar-refractivity contribution is 7.80. The molecule has 0 amide bonds. The maximum absolute atomic E-state index is 12.5. The van der Waals surface area contributed by atoms with Crippen molar-refractivity contribution < 1.29 is 13.2 Å². The number of benzene rings is 2. The fraction of sp³-hybridized carbons (Fsp3) is 0.278. The molecular weight excluding hydrogens is 333 g/mol. The Hall–Kier alpha value is -2.08. The maximum Gasteiger partial charge on any atom is 0.416 e. The van der Waals surface area contributed by atoms with Gasteiger partial charge in [0.05, 0.1) is 5.56 Å². The molecule has 0 aromatic heterocycles. The summed E-state index contributed by atoms with van der Waals surface area (Å²) in [7, 11) is 0. The summed E-state index contributed by atoms with van der Waals surface area (Å²) in [5, 5.41) is 6.66. The molecule has 0 radical (unpaired) electrons. The molecule has 2 aromatic carbocycles. The second kappa shape index (κ2) is 7.66. The average molecular weight is 352 g/mol. The predicted molar refractivity (Wildman–Crippen MR) is 95.3 cm³/mol. The lowest BCUT2D eigenvalue weighted by molar-refractivity contribution is -0.137.